The molecule has 0 bridgehead atoms. The van der Waals surface area contributed by atoms with E-state index >= 15 is 0 Å². The summed E-state index contributed by atoms with van der Waals surface area (Å²) in [5.41, 5.74) is 4.60. The summed E-state index contributed by atoms with van der Waals surface area (Å²) in [5, 5.41) is 21.4. The van der Waals surface area contributed by atoms with Crippen molar-refractivity contribution >= 4 is 0 Å². The molecule has 0 amide bonds. The number of hydrogen-bond acceptors (Lipinski definition) is 4. The molecule has 0 saturated carbocycles. The smallest absolute Gasteiger partial charge is 0.0965 e. The Balaban J connectivity index is 1.37. The molecule has 1 saturated heterocycles. The third kappa shape index (κ3) is 4.08. The molecule has 2 N–H and O–H groups in total. The Morgan fingerprint density at radius 3 is 2.78 bits per heavy atom. The molecule has 144 valence electrons. The van der Waals surface area contributed by atoms with E-state index in [0.29, 0.717) is 5.92 Å². The van der Waals surface area contributed by atoms with Gasteiger partial charge in [-0.3, -0.25) is 4.98 Å². The maximum Gasteiger partial charge on any atom is 0.0965 e. The Labute approximate surface area is 161 Å². The molecular formula is C23H30N2O2. The average Bonchev–Trinajstić information content (AvgIpc) is 2.82. The van der Waals surface area contributed by atoms with E-state index in [2.05, 4.69) is 47.1 Å². The molecule has 1 aromatic carbocycles. The zero-order valence-corrected chi connectivity index (χ0v) is 16.1. The van der Waals surface area contributed by atoms with E-state index in [0.717, 1.165) is 51.0 Å². The van der Waals surface area contributed by atoms with Crippen LogP contribution >= 0.6 is 0 Å². The summed E-state index contributed by atoms with van der Waals surface area (Å²) in [5.74, 6) is 0.673. The lowest BCUT2D eigenvalue weighted by atomic mass is 9.84. The number of pyridine rings is 1. The minimum absolute atomic E-state index is 0.232. The van der Waals surface area contributed by atoms with Crippen LogP contribution in [-0.2, 0) is 6.42 Å². The van der Waals surface area contributed by atoms with Gasteiger partial charge in [0.2, 0.25) is 0 Å². The second-order valence-corrected chi connectivity index (χ2v) is 8.28. The van der Waals surface area contributed by atoms with Crippen LogP contribution in [-0.4, -0.2) is 45.8 Å². The molecule has 4 atom stereocenters. The minimum Gasteiger partial charge on any atom is -0.391 e. The van der Waals surface area contributed by atoms with Crippen LogP contribution in [0.3, 0.4) is 0 Å². The number of fused-ring (bicyclic) bond motifs is 1. The van der Waals surface area contributed by atoms with Crippen molar-refractivity contribution < 1.29 is 10.2 Å². The first-order valence-corrected chi connectivity index (χ1v) is 10.2. The molecular weight excluding hydrogens is 336 g/mol. The molecule has 1 aliphatic carbocycles. The summed E-state index contributed by atoms with van der Waals surface area (Å²) < 4.78 is 0. The van der Waals surface area contributed by atoms with Crippen LogP contribution in [0.25, 0.3) is 0 Å². The molecule has 2 aliphatic rings. The van der Waals surface area contributed by atoms with Gasteiger partial charge in [-0.25, -0.2) is 0 Å². The van der Waals surface area contributed by atoms with Crippen LogP contribution < -0.4 is 0 Å². The van der Waals surface area contributed by atoms with Crippen molar-refractivity contribution in [1.29, 1.82) is 0 Å². The summed E-state index contributed by atoms with van der Waals surface area (Å²) in [4.78, 5) is 6.79. The van der Waals surface area contributed by atoms with E-state index in [9.17, 15) is 10.2 Å². The Kier molecular flexibility index (Phi) is 5.58. The van der Waals surface area contributed by atoms with E-state index < -0.39 is 6.10 Å². The van der Waals surface area contributed by atoms with Gasteiger partial charge in [0, 0.05) is 25.2 Å². The molecule has 1 aromatic heterocycles. The standard InChI is InChI=1S/C23H30N2O2/c1-16-5-2-3-7-19(16)20-10-12-25(15-22(20)27)14-17-8-9-18-6-4-11-24-23(18)21(26)13-17/h2-7,11,17,20-22,26-27H,8-10,12-15H2,1H3/t17-,20?,21+,22?/m1/s1. The number of hydrogen-bond donors (Lipinski definition) is 2. The number of piperidine rings is 1. The number of nitrogens with zero attached hydrogens (tertiary/aromatic N) is 2. The Hall–Kier alpha value is -1.75. The van der Waals surface area contributed by atoms with Gasteiger partial charge >= 0.3 is 0 Å². The molecule has 0 spiro atoms. The maximum atomic E-state index is 10.8. The van der Waals surface area contributed by atoms with Gasteiger partial charge in [-0.05, 0) is 67.8 Å². The number of β-amino-alcohol motifs (C(OH)–C–C–N with tert-alkyl or cyclic N) is 1. The van der Waals surface area contributed by atoms with Crippen molar-refractivity contribution in [1.82, 2.24) is 9.88 Å². The fourth-order valence-electron chi connectivity index (χ4n) is 4.93. The van der Waals surface area contributed by atoms with Crippen LogP contribution in [0, 0.1) is 12.8 Å². The van der Waals surface area contributed by atoms with Crippen LogP contribution in [0.4, 0.5) is 0 Å². The van der Waals surface area contributed by atoms with Gasteiger partial charge in [0.05, 0.1) is 17.9 Å². The van der Waals surface area contributed by atoms with Gasteiger partial charge < -0.3 is 15.1 Å². The zero-order chi connectivity index (χ0) is 18.8. The van der Waals surface area contributed by atoms with Gasteiger partial charge in [-0.15, -0.1) is 0 Å². The number of likely N-dealkylation sites (tertiary alicyclic amines) is 1. The fraction of sp³-hybridized carbons (Fsp3) is 0.522. The number of rotatable bonds is 3. The molecule has 27 heavy (non-hydrogen) atoms. The zero-order valence-electron chi connectivity index (χ0n) is 16.1. The molecule has 2 aromatic rings. The van der Waals surface area contributed by atoms with Gasteiger partial charge in [-0.2, -0.15) is 0 Å². The summed E-state index contributed by atoms with van der Waals surface area (Å²) in [6.45, 7) is 4.81. The molecule has 4 heteroatoms. The third-order valence-corrected chi connectivity index (χ3v) is 6.39. The van der Waals surface area contributed by atoms with Gasteiger partial charge in [-0.1, -0.05) is 30.3 Å². The molecule has 2 unspecified atom stereocenters. The number of benzene rings is 1. The Morgan fingerprint density at radius 1 is 1.11 bits per heavy atom. The van der Waals surface area contributed by atoms with Gasteiger partial charge in [0.25, 0.3) is 0 Å². The summed E-state index contributed by atoms with van der Waals surface area (Å²) >= 11 is 0. The Morgan fingerprint density at radius 2 is 1.96 bits per heavy atom. The van der Waals surface area contributed by atoms with E-state index in [1.54, 1.807) is 6.20 Å². The fourth-order valence-corrected chi connectivity index (χ4v) is 4.93. The predicted octanol–water partition coefficient (Wildman–Crippen LogP) is 3.23. The lowest BCUT2D eigenvalue weighted by molar-refractivity contribution is 0.0372. The SMILES string of the molecule is Cc1ccccc1C1CCN(C[C@@H]2CCc3cccnc3[C@@H](O)C2)CC1O. The Bertz CT molecular complexity index is 778. The van der Waals surface area contributed by atoms with Crippen LogP contribution in [0.5, 0.6) is 0 Å². The highest BCUT2D eigenvalue weighted by Crippen LogP contribution is 2.34. The molecule has 2 heterocycles. The lowest BCUT2D eigenvalue weighted by Gasteiger charge is -2.38. The van der Waals surface area contributed by atoms with Crippen molar-refractivity contribution in [3.05, 3.63) is 65.0 Å². The third-order valence-electron chi connectivity index (χ3n) is 6.39. The lowest BCUT2D eigenvalue weighted by Crippen LogP contribution is -2.44. The average molecular weight is 367 g/mol. The molecule has 4 nitrogen and oxygen atoms in total. The highest BCUT2D eigenvalue weighted by molar-refractivity contribution is 5.30. The van der Waals surface area contributed by atoms with Crippen LogP contribution in [0.2, 0.25) is 0 Å². The largest absolute Gasteiger partial charge is 0.391 e. The first-order chi connectivity index (χ1) is 13.1. The quantitative estimate of drug-likeness (QED) is 0.819. The number of aromatic nitrogens is 1. The second kappa shape index (κ2) is 8.09. The van der Waals surface area contributed by atoms with E-state index in [-0.39, 0.29) is 12.0 Å². The van der Waals surface area contributed by atoms with Crippen molar-refractivity contribution in [3.63, 3.8) is 0 Å². The van der Waals surface area contributed by atoms with Crippen LogP contribution in [0.15, 0.2) is 42.6 Å². The van der Waals surface area contributed by atoms with E-state index in [1.165, 1.54) is 16.7 Å². The van der Waals surface area contributed by atoms with Crippen molar-refractivity contribution in [3.8, 4) is 0 Å². The van der Waals surface area contributed by atoms with Gasteiger partial charge in [0.15, 0.2) is 0 Å². The number of aliphatic hydroxyl groups is 2. The van der Waals surface area contributed by atoms with E-state index in [1.807, 2.05) is 6.07 Å². The number of aryl methyl sites for hydroxylation is 2. The first-order valence-electron chi connectivity index (χ1n) is 10.2. The summed E-state index contributed by atoms with van der Waals surface area (Å²) in [6, 6.07) is 12.5. The maximum absolute atomic E-state index is 10.8. The van der Waals surface area contributed by atoms with Gasteiger partial charge in [0.1, 0.15) is 0 Å². The normalized spacial score (nSPS) is 29.1. The molecule has 1 fully saturated rings. The highest BCUT2D eigenvalue weighted by atomic mass is 16.3. The highest BCUT2D eigenvalue weighted by Gasteiger charge is 2.32. The summed E-state index contributed by atoms with van der Waals surface area (Å²) in [7, 11) is 0. The first kappa shape index (κ1) is 18.6. The predicted molar refractivity (Wildman–Crippen MR) is 107 cm³/mol. The minimum atomic E-state index is -0.469. The van der Waals surface area contributed by atoms with E-state index in [4.69, 9.17) is 0 Å². The molecule has 4 rings (SSSR count). The monoisotopic (exact) mass is 366 g/mol. The van der Waals surface area contributed by atoms with Crippen molar-refractivity contribution in [2.24, 2.45) is 5.92 Å². The van der Waals surface area contributed by atoms with Crippen molar-refractivity contribution in [2.75, 3.05) is 19.6 Å². The van der Waals surface area contributed by atoms with Crippen molar-refractivity contribution in [2.45, 2.75) is 50.7 Å². The van der Waals surface area contributed by atoms with Crippen LogP contribution in [0.1, 0.15) is 53.7 Å². The number of aliphatic hydroxyl groups excluding tert-OH is 2. The summed E-state index contributed by atoms with van der Waals surface area (Å²) in [6.07, 6.45) is 4.78. The molecule has 1 aliphatic heterocycles. The second-order valence-electron chi connectivity index (χ2n) is 8.28. The molecule has 0 radical (unpaired) electrons. The topological polar surface area (TPSA) is 56.6 Å².